The number of hydrogen-bond acceptors (Lipinski definition) is 3. The predicted octanol–water partition coefficient (Wildman–Crippen LogP) is 1.17. The van der Waals surface area contributed by atoms with Gasteiger partial charge >= 0.3 is 5.97 Å². The van der Waals surface area contributed by atoms with Gasteiger partial charge in [-0.15, -0.1) is 0 Å². The smallest absolute Gasteiger partial charge is 0.322 e. The van der Waals surface area contributed by atoms with Crippen LogP contribution in [0.3, 0.4) is 0 Å². The number of hydrogen-bond donors (Lipinski definition) is 2. The number of benzene rings is 1. The van der Waals surface area contributed by atoms with Crippen molar-refractivity contribution in [2.24, 2.45) is 0 Å². The van der Waals surface area contributed by atoms with Gasteiger partial charge in [-0.05, 0) is 37.1 Å². The first-order chi connectivity index (χ1) is 8.08. The number of carboxylic acid groups (broad SMARTS) is 1. The summed E-state index contributed by atoms with van der Waals surface area (Å²) in [4.78, 5) is 13.1. The van der Waals surface area contributed by atoms with Crippen molar-refractivity contribution in [3.05, 3.63) is 29.3 Å². The molecule has 0 spiro atoms. The molecule has 1 atom stereocenters. The van der Waals surface area contributed by atoms with E-state index in [1.54, 1.807) is 0 Å². The molecule has 1 heterocycles. The topological polar surface area (TPSA) is 52.6 Å². The molecule has 1 aliphatic rings. The minimum Gasteiger partial charge on any atom is -0.480 e. The SMILES string of the molecule is Cc1ccc(N2CCNC(C(=O)O)C2)cc1C. The lowest BCUT2D eigenvalue weighted by molar-refractivity contribution is -0.139. The Labute approximate surface area is 101 Å². The number of carbonyl (C=O) groups is 1. The fourth-order valence-electron chi connectivity index (χ4n) is 2.07. The van der Waals surface area contributed by atoms with Gasteiger partial charge in [-0.1, -0.05) is 6.07 Å². The van der Waals surface area contributed by atoms with Gasteiger partial charge in [-0.3, -0.25) is 4.79 Å². The van der Waals surface area contributed by atoms with Crippen LogP contribution in [0.25, 0.3) is 0 Å². The maximum Gasteiger partial charge on any atom is 0.322 e. The Morgan fingerprint density at radius 1 is 1.41 bits per heavy atom. The van der Waals surface area contributed by atoms with Crippen LogP contribution in [-0.2, 0) is 4.79 Å². The summed E-state index contributed by atoms with van der Waals surface area (Å²) in [6.07, 6.45) is 0. The van der Waals surface area contributed by atoms with E-state index in [0.29, 0.717) is 13.1 Å². The minimum absolute atomic E-state index is 0.467. The molecule has 1 aromatic carbocycles. The van der Waals surface area contributed by atoms with Crippen LogP contribution in [0.15, 0.2) is 18.2 Å². The molecule has 0 saturated carbocycles. The molecule has 2 rings (SSSR count). The van der Waals surface area contributed by atoms with Crippen LogP contribution in [0, 0.1) is 13.8 Å². The summed E-state index contributed by atoms with van der Waals surface area (Å²) >= 11 is 0. The minimum atomic E-state index is -0.779. The Kier molecular flexibility index (Phi) is 3.33. The van der Waals surface area contributed by atoms with E-state index in [4.69, 9.17) is 5.11 Å². The zero-order valence-corrected chi connectivity index (χ0v) is 10.2. The highest BCUT2D eigenvalue weighted by atomic mass is 16.4. The van der Waals surface area contributed by atoms with Crippen molar-refractivity contribution in [1.29, 1.82) is 0 Å². The Balaban J connectivity index is 2.16. The van der Waals surface area contributed by atoms with E-state index in [0.717, 1.165) is 12.2 Å². The molecule has 0 amide bonds. The normalized spacial score (nSPS) is 20.4. The molecule has 0 bridgehead atoms. The first-order valence-electron chi connectivity index (χ1n) is 5.86. The zero-order valence-electron chi connectivity index (χ0n) is 10.2. The molecule has 92 valence electrons. The maximum absolute atomic E-state index is 11.0. The number of carboxylic acids is 1. The second-order valence-electron chi connectivity index (χ2n) is 4.56. The highest BCUT2D eigenvalue weighted by molar-refractivity contribution is 5.75. The van der Waals surface area contributed by atoms with Crippen molar-refractivity contribution in [3.8, 4) is 0 Å². The van der Waals surface area contributed by atoms with Crippen LogP contribution >= 0.6 is 0 Å². The molecule has 2 N–H and O–H groups in total. The molecular weight excluding hydrogens is 216 g/mol. The van der Waals surface area contributed by atoms with Crippen LogP contribution in [0.4, 0.5) is 5.69 Å². The van der Waals surface area contributed by atoms with Gasteiger partial charge in [-0.25, -0.2) is 0 Å². The maximum atomic E-state index is 11.0. The Hall–Kier alpha value is -1.55. The second-order valence-corrected chi connectivity index (χ2v) is 4.56. The summed E-state index contributed by atoms with van der Waals surface area (Å²) in [5, 5.41) is 12.0. The third kappa shape index (κ3) is 2.58. The summed E-state index contributed by atoms with van der Waals surface area (Å²) in [6, 6.07) is 5.81. The summed E-state index contributed by atoms with van der Waals surface area (Å²) in [5.74, 6) is -0.779. The summed E-state index contributed by atoms with van der Waals surface area (Å²) in [6.45, 7) is 6.25. The average molecular weight is 234 g/mol. The van der Waals surface area contributed by atoms with Gasteiger partial charge in [-0.2, -0.15) is 0 Å². The predicted molar refractivity (Wildman–Crippen MR) is 67.6 cm³/mol. The van der Waals surface area contributed by atoms with Crippen molar-refractivity contribution in [3.63, 3.8) is 0 Å². The number of aliphatic carboxylic acids is 1. The number of aryl methyl sites for hydroxylation is 2. The van der Waals surface area contributed by atoms with Crippen molar-refractivity contribution in [1.82, 2.24) is 5.32 Å². The van der Waals surface area contributed by atoms with Gasteiger partial charge in [0.25, 0.3) is 0 Å². The molecule has 0 aliphatic carbocycles. The van der Waals surface area contributed by atoms with Gasteiger partial charge in [0, 0.05) is 25.3 Å². The van der Waals surface area contributed by atoms with E-state index in [1.807, 2.05) is 0 Å². The van der Waals surface area contributed by atoms with Crippen LogP contribution in [0.1, 0.15) is 11.1 Å². The summed E-state index contributed by atoms with van der Waals surface area (Å²) in [7, 11) is 0. The average Bonchev–Trinajstić information content (AvgIpc) is 2.33. The third-order valence-corrected chi connectivity index (χ3v) is 3.33. The molecule has 1 saturated heterocycles. The second kappa shape index (κ2) is 4.75. The lowest BCUT2D eigenvalue weighted by atomic mass is 10.1. The van der Waals surface area contributed by atoms with E-state index in [-0.39, 0.29) is 0 Å². The van der Waals surface area contributed by atoms with E-state index in [2.05, 4.69) is 42.3 Å². The largest absolute Gasteiger partial charge is 0.480 e. The molecule has 0 aromatic heterocycles. The van der Waals surface area contributed by atoms with Gasteiger partial charge in [0.2, 0.25) is 0 Å². The molecule has 0 radical (unpaired) electrons. The van der Waals surface area contributed by atoms with Gasteiger partial charge in [0.1, 0.15) is 6.04 Å². The van der Waals surface area contributed by atoms with Crippen LogP contribution < -0.4 is 10.2 Å². The fraction of sp³-hybridized carbons (Fsp3) is 0.462. The lowest BCUT2D eigenvalue weighted by Crippen LogP contribution is -2.54. The number of nitrogens with zero attached hydrogens (tertiary/aromatic N) is 1. The molecule has 1 aliphatic heterocycles. The van der Waals surface area contributed by atoms with E-state index in [9.17, 15) is 4.79 Å². The monoisotopic (exact) mass is 234 g/mol. The first kappa shape index (κ1) is 11.9. The lowest BCUT2D eigenvalue weighted by Gasteiger charge is -2.33. The van der Waals surface area contributed by atoms with E-state index >= 15 is 0 Å². The fourth-order valence-corrected chi connectivity index (χ4v) is 2.07. The van der Waals surface area contributed by atoms with Gasteiger partial charge < -0.3 is 15.3 Å². The van der Waals surface area contributed by atoms with Crippen molar-refractivity contribution in [2.75, 3.05) is 24.5 Å². The standard InChI is InChI=1S/C13H18N2O2/c1-9-3-4-11(7-10(9)2)15-6-5-14-12(8-15)13(16)17/h3-4,7,12,14H,5-6,8H2,1-2H3,(H,16,17). The molecule has 4 nitrogen and oxygen atoms in total. The van der Waals surface area contributed by atoms with E-state index < -0.39 is 12.0 Å². The molecule has 1 unspecified atom stereocenters. The number of piperazine rings is 1. The Bertz CT molecular complexity index is 431. The molecule has 1 fully saturated rings. The van der Waals surface area contributed by atoms with E-state index in [1.165, 1.54) is 11.1 Å². The molecule has 1 aromatic rings. The zero-order chi connectivity index (χ0) is 12.4. The molecule has 4 heteroatoms. The molecule has 17 heavy (non-hydrogen) atoms. The van der Waals surface area contributed by atoms with Crippen LogP contribution in [0.5, 0.6) is 0 Å². The number of nitrogens with one attached hydrogen (secondary N) is 1. The van der Waals surface area contributed by atoms with Crippen molar-refractivity contribution < 1.29 is 9.90 Å². The highest BCUT2D eigenvalue weighted by Gasteiger charge is 2.24. The van der Waals surface area contributed by atoms with Gasteiger partial charge in [0.15, 0.2) is 0 Å². The number of rotatable bonds is 2. The highest BCUT2D eigenvalue weighted by Crippen LogP contribution is 2.19. The third-order valence-electron chi connectivity index (χ3n) is 3.33. The summed E-state index contributed by atoms with van der Waals surface area (Å²) in [5.41, 5.74) is 3.62. The Morgan fingerprint density at radius 2 is 2.18 bits per heavy atom. The Morgan fingerprint density at radius 3 is 2.82 bits per heavy atom. The van der Waals surface area contributed by atoms with Crippen molar-refractivity contribution in [2.45, 2.75) is 19.9 Å². The summed E-state index contributed by atoms with van der Waals surface area (Å²) < 4.78 is 0. The molecular formula is C13H18N2O2. The number of anilines is 1. The quantitative estimate of drug-likeness (QED) is 0.806. The van der Waals surface area contributed by atoms with Crippen LogP contribution in [-0.4, -0.2) is 36.8 Å². The van der Waals surface area contributed by atoms with Gasteiger partial charge in [0.05, 0.1) is 0 Å². The van der Waals surface area contributed by atoms with Crippen molar-refractivity contribution >= 4 is 11.7 Å². The van der Waals surface area contributed by atoms with Crippen LogP contribution in [0.2, 0.25) is 0 Å². The first-order valence-corrected chi connectivity index (χ1v) is 5.86.